The van der Waals surface area contributed by atoms with Crippen LogP contribution in [0.25, 0.3) is 0 Å². The fourth-order valence-electron chi connectivity index (χ4n) is 4.42. The predicted octanol–water partition coefficient (Wildman–Crippen LogP) is 9.04. The van der Waals surface area contributed by atoms with E-state index in [0.717, 1.165) is 31.7 Å². The Kier molecular flexibility index (Phi) is 25.2. The fourth-order valence-corrected chi connectivity index (χ4v) is 18.7. The molecule has 0 aromatic heterocycles. The van der Waals surface area contributed by atoms with Crippen molar-refractivity contribution in [2.45, 2.75) is 150 Å². The molecule has 0 amide bonds. The first-order chi connectivity index (χ1) is 22.6. The van der Waals surface area contributed by atoms with Gasteiger partial charge < -0.3 is 36.0 Å². The van der Waals surface area contributed by atoms with E-state index in [1.807, 2.05) is 0 Å². The van der Waals surface area contributed by atoms with Crippen LogP contribution < -0.4 is 0 Å². The number of rotatable bonds is 26. The van der Waals surface area contributed by atoms with Crippen LogP contribution in [0.4, 0.5) is 0 Å². The van der Waals surface area contributed by atoms with E-state index >= 15 is 0 Å². The normalized spacial score (nSPS) is 13.9. The second kappa shape index (κ2) is 24.6. The maximum atomic E-state index is 11.7. The average Bonchev–Trinajstić information content (AvgIpc) is 2.90. The summed E-state index contributed by atoms with van der Waals surface area (Å²) in [7, 11) is -9.03. The molecule has 0 radical (unpaired) electrons. The first kappa shape index (κ1) is 51.4. The van der Waals surface area contributed by atoms with Crippen LogP contribution in [-0.4, -0.2) is 106 Å². The van der Waals surface area contributed by atoms with Crippen molar-refractivity contribution in [3.05, 3.63) is 24.3 Å². The van der Waals surface area contributed by atoms with Gasteiger partial charge in [-0.1, -0.05) is 32.9 Å². The minimum absolute atomic E-state index is 0.180. The van der Waals surface area contributed by atoms with Gasteiger partial charge in [0.25, 0.3) is 0 Å². The van der Waals surface area contributed by atoms with Crippen molar-refractivity contribution < 1.29 is 45.6 Å². The van der Waals surface area contributed by atoms with Gasteiger partial charge in [-0.25, -0.2) is 9.59 Å². The third-order valence-corrected chi connectivity index (χ3v) is 17.7. The largest absolute Gasteiger partial charge is 0.460 e. The monoisotopic (exact) mass is 796 g/mol. The molecule has 0 saturated heterocycles. The lowest BCUT2D eigenvalue weighted by Gasteiger charge is -2.38. The molecular weight excluding hydrogens is 721 g/mol. The van der Waals surface area contributed by atoms with Crippen LogP contribution >= 0.6 is 0 Å². The Morgan fingerprint density at radius 1 is 0.580 bits per heavy atom. The van der Waals surface area contributed by atoms with E-state index in [1.165, 1.54) is 0 Å². The first-order valence-corrected chi connectivity index (χ1v) is 34.3. The van der Waals surface area contributed by atoms with E-state index in [1.54, 1.807) is 13.8 Å². The van der Waals surface area contributed by atoms with Crippen LogP contribution in [0.15, 0.2) is 24.3 Å². The van der Waals surface area contributed by atoms with E-state index in [0.29, 0.717) is 44.2 Å². The Morgan fingerprint density at radius 2 is 1.06 bits per heavy atom. The van der Waals surface area contributed by atoms with E-state index in [9.17, 15) is 9.59 Å². The van der Waals surface area contributed by atoms with E-state index in [-0.39, 0.29) is 24.8 Å². The van der Waals surface area contributed by atoms with Gasteiger partial charge in [0.2, 0.25) is 0 Å². The minimum Gasteiger partial charge on any atom is -0.460 e. The van der Waals surface area contributed by atoms with Crippen molar-refractivity contribution >= 4 is 53.8 Å². The Bertz CT molecular complexity index is 982. The lowest BCUT2D eigenvalue weighted by molar-refractivity contribution is -0.149. The van der Waals surface area contributed by atoms with Gasteiger partial charge in [0, 0.05) is 24.4 Å². The Labute approximate surface area is 312 Å². The smallest absolute Gasteiger partial charge is 0.333 e. The van der Waals surface area contributed by atoms with Gasteiger partial charge in [0.05, 0.1) is 19.8 Å². The summed E-state index contributed by atoms with van der Waals surface area (Å²) in [5.74, 6) is -0.778. The second-order valence-corrected chi connectivity index (χ2v) is 38.8. The van der Waals surface area contributed by atoms with Crippen LogP contribution in [0.1, 0.15) is 46.5 Å². The van der Waals surface area contributed by atoms with Gasteiger partial charge in [-0.2, -0.15) is 0 Å². The van der Waals surface area contributed by atoms with Crippen LogP contribution in [0.3, 0.4) is 0 Å². The molecule has 0 spiro atoms. The molecule has 2 atom stereocenters. The number of ether oxygens (including phenoxy) is 4. The van der Waals surface area contributed by atoms with Gasteiger partial charge in [0.1, 0.15) is 18.8 Å². The van der Waals surface area contributed by atoms with Gasteiger partial charge in [-0.3, -0.25) is 0 Å². The predicted molar refractivity (Wildman–Crippen MR) is 219 cm³/mol. The molecule has 0 bridgehead atoms. The summed E-state index contributed by atoms with van der Waals surface area (Å²) >= 11 is 0. The van der Waals surface area contributed by atoms with Gasteiger partial charge in [0.15, 0.2) is 33.3 Å². The maximum Gasteiger partial charge on any atom is 0.333 e. The summed E-state index contributed by atoms with van der Waals surface area (Å²) in [6, 6.07) is 0.908. The van der Waals surface area contributed by atoms with Crippen molar-refractivity contribution in [2.75, 3.05) is 39.6 Å². The SMILES string of the molecule is C=C(C)C(=O)OC(COCCCCC)CO[Si](C)(C)C.C=C(C)C(=O)OCC(COCCC[Si](C)(O[Si](C)(C)C)O[Si](C)(C)C)O[Si](C)(C)C. The van der Waals surface area contributed by atoms with Crippen molar-refractivity contribution in [2.24, 2.45) is 0 Å². The van der Waals surface area contributed by atoms with Crippen molar-refractivity contribution in [3.8, 4) is 0 Å². The molecule has 10 nitrogen and oxygen atoms in total. The van der Waals surface area contributed by atoms with Crippen LogP contribution in [0.5, 0.6) is 0 Å². The van der Waals surface area contributed by atoms with Gasteiger partial charge >= 0.3 is 20.5 Å². The average molecular weight is 797 g/mol. The zero-order chi connectivity index (χ0) is 39.4. The van der Waals surface area contributed by atoms with E-state index in [4.69, 9.17) is 36.0 Å². The zero-order valence-corrected chi connectivity index (χ0v) is 39.9. The standard InChI is InChI=1S/C20H46O6Si4.C15H30O4Si/c1-18(2)20(21)23-17-19(24-27(3,4)5)16-22-14-13-15-30(12,25-28(6,7)8)26-29(9,10)11;1-7-8-9-10-17-11-14(12-18-20(4,5)6)19-15(16)13(2)3/h19H,1,13-17H2,2-12H3;14H,2,7-12H2,1,3-6H3. The molecule has 0 aromatic carbocycles. The Balaban J connectivity index is 0. The third-order valence-electron chi connectivity index (χ3n) is 6.06. The van der Waals surface area contributed by atoms with Gasteiger partial charge in [-0.15, -0.1) is 0 Å². The molecule has 2 unspecified atom stereocenters. The molecule has 50 heavy (non-hydrogen) atoms. The summed E-state index contributed by atoms with van der Waals surface area (Å²) in [4.78, 5) is 23.3. The van der Waals surface area contributed by atoms with Crippen LogP contribution in [-0.2, 0) is 45.6 Å². The Morgan fingerprint density at radius 3 is 1.48 bits per heavy atom. The molecule has 0 heterocycles. The van der Waals surface area contributed by atoms with Crippen LogP contribution in [0.2, 0.25) is 91.2 Å². The molecule has 0 aliphatic heterocycles. The third kappa shape index (κ3) is 33.1. The number of unbranched alkanes of at least 4 members (excludes halogenated alkanes) is 2. The van der Waals surface area contributed by atoms with Crippen LogP contribution in [0, 0.1) is 0 Å². The maximum absolute atomic E-state index is 11.7. The molecule has 0 rings (SSSR count). The fraction of sp³-hybridized carbons (Fsp3) is 0.829. The summed E-state index contributed by atoms with van der Waals surface area (Å²) in [6.45, 7) is 43.4. The highest BCUT2D eigenvalue weighted by atomic mass is 28.5. The lowest BCUT2D eigenvalue weighted by Crippen LogP contribution is -2.52. The van der Waals surface area contributed by atoms with E-state index in [2.05, 4.69) is 105 Å². The summed E-state index contributed by atoms with van der Waals surface area (Å²) in [5, 5.41) is 0. The van der Waals surface area contributed by atoms with Crippen molar-refractivity contribution in [3.63, 3.8) is 0 Å². The molecule has 0 aliphatic carbocycles. The lowest BCUT2D eigenvalue weighted by atomic mass is 10.3. The second-order valence-electron chi connectivity index (χ2n) is 17.0. The number of hydrogen-bond acceptors (Lipinski definition) is 10. The van der Waals surface area contributed by atoms with Crippen molar-refractivity contribution in [1.82, 2.24) is 0 Å². The molecular formula is C35H76O10Si5. The van der Waals surface area contributed by atoms with Crippen molar-refractivity contribution in [1.29, 1.82) is 0 Å². The number of carbonyl (C=O) groups excluding carboxylic acids is 2. The number of hydrogen-bond donors (Lipinski definition) is 0. The van der Waals surface area contributed by atoms with E-state index < -0.39 is 47.8 Å². The summed E-state index contributed by atoms with van der Waals surface area (Å²) < 4.78 is 47.1. The summed E-state index contributed by atoms with van der Waals surface area (Å²) in [5.41, 5.74) is 0.783. The minimum atomic E-state index is -2.24. The molecule has 0 saturated carbocycles. The topological polar surface area (TPSA) is 108 Å². The highest BCUT2D eigenvalue weighted by Crippen LogP contribution is 2.25. The Hall–Kier alpha value is -0.736. The molecule has 0 aromatic rings. The number of carbonyl (C=O) groups is 2. The highest BCUT2D eigenvalue weighted by Gasteiger charge is 2.39. The highest BCUT2D eigenvalue weighted by molar-refractivity contribution is 6.87. The van der Waals surface area contributed by atoms with Gasteiger partial charge in [-0.05, 0) is 118 Å². The quantitative estimate of drug-likeness (QED) is 0.0364. The molecule has 0 aliphatic rings. The first-order valence-electron chi connectivity index (χ1n) is 18.1. The molecule has 15 heteroatoms. The zero-order valence-electron chi connectivity index (χ0n) is 34.9. The number of esters is 2. The summed E-state index contributed by atoms with van der Waals surface area (Å²) in [6.07, 6.45) is 3.61. The molecule has 0 fully saturated rings. The molecule has 296 valence electrons. The molecule has 0 N–H and O–H groups in total.